The van der Waals surface area contributed by atoms with Crippen molar-refractivity contribution in [2.24, 2.45) is 7.05 Å². The van der Waals surface area contributed by atoms with Crippen LogP contribution in [0.1, 0.15) is 61.9 Å². The molecule has 4 rings (SSSR count). The van der Waals surface area contributed by atoms with Gasteiger partial charge in [-0.15, -0.1) is 0 Å². The topological polar surface area (TPSA) is 33.1 Å². The minimum atomic E-state index is 0.178. The highest BCUT2D eigenvalue weighted by Crippen LogP contribution is 2.36. The van der Waals surface area contributed by atoms with E-state index in [-0.39, 0.29) is 5.41 Å². The van der Waals surface area contributed by atoms with Gasteiger partial charge in [-0.2, -0.15) is 5.10 Å². The fourth-order valence-electron chi connectivity index (χ4n) is 4.30. The number of benzene rings is 1. The number of aryl methyl sites for hydroxylation is 1. The first kappa shape index (κ1) is 16.6. The van der Waals surface area contributed by atoms with Crippen LogP contribution in [-0.4, -0.2) is 22.9 Å². The number of nitrogens with one attached hydrogen (secondary N) is 1. The molecule has 1 saturated heterocycles. The third kappa shape index (κ3) is 3.08. The molecular weight excluding hydrogens is 308 g/mol. The van der Waals surface area contributed by atoms with Gasteiger partial charge in [-0.05, 0) is 53.5 Å². The molecule has 2 aromatic rings. The summed E-state index contributed by atoms with van der Waals surface area (Å²) in [6.07, 6.45) is 5.58. The Hall–Kier alpha value is -1.81. The lowest BCUT2D eigenvalue weighted by molar-refractivity contribution is 0.574. The molecular formula is C21H30N4. The minimum Gasteiger partial charge on any atom is -0.352 e. The monoisotopic (exact) mass is 338 g/mol. The second-order valence-corrected chi connectivity index (χ2v) is 8.59. The molecule has 3 heterocycles. The van der Waals surface area contributed by atoms with Crippen LogP contribution in [0.2, 0.25) is 0 Å². The average Bonchev–Trinajstić information content (AvgIpc) is 3.24. The van der Waals surface area contributed by atoms with Gasteiger partial charge in [-0.1, -0.05) is 32.9 Å². The Morgan fingerprint density at radius 2 is 2.08 bits per heavy atom. The normalized spacial score (nSPS) is 20.8. The van der Waals surface area contributed by atoms with Gasteiger partial charge >= 0.3 is 0 Å². The van der Waals surface area contributed by atoms with Crippen molar-refractivity contribution < 1.29 is 0 Å². The van der Waals surface area contributed by atoms with Crippen LogP contribution in [0.15, 0.2) is 24.4 Å². The van der Waals surface area contributed by atoms with Crippen LogP contribution < -0.4 is 10.2 Å². The predicted octanol–water partition coefficient (Wildman–Crippen LogP) is 3.70. The van der Waals surface area contributed by atoms with Crippen molar-refractivity contribution in [3.8, 4) is 0 Å². The SMILES string of the molecule is Cn1nccc1N1CCc2c(cc(C(C)(C)C)cc2[C@@H]2CCCN2)C1. The predicted molar refractivity (Wildman–Crippen MR) is 103 cm³/mol. The molecule has 1 aromatic carbocycles. The summed E-state index contributed by atoms with van der Waals surface area (Å²) in [5.41, 5.74) is 6.29. The fourth-order valence-corrected chi connectivity index (χ4v) is 4.30. The van der Waals surface area contributed by atoms with Gasteiger partial charge in [-0.25, -0.2) is 0 Å². The van der Waals surface area contributed by atoms with Crippen LogP contribution in [-0.2, 0) is 25.4 Å². The largest absolute Gasteiger partial charge is 0.352 e. The van der Waals surface area contributed by atoms with E-state index < -0.39 is 0 Å². The van der Waals surface area contributed by atoms with E-state index in [0.29, 0.717) is 6.04 Å². The Morgan fingerprint density at radius 3 is 2.72 bits per heavy atom. The molecule has 1 fully saturated rings. The van der Waals surface area contributed by atoms with Crippen LogP contribution >= 0.6 is 0 Å². The summed E-state index contributed by atoms with van der Waals surface area (Å²) in [6.45, 7) is 10.2. The van der Waals surface area contributed by atoms with E-state index in [1.807, 2.05) is 17.9 Å². The lowest BCUT2D eigenvalue weighted by Crippen LogP contribution is -2.33. The van der Waals surface area contributed by atoms with Gasteiger partial charge in [0.15, 0.2) is 0 Å². The van der Waals surface area contributed by atoms with Gasteiger partial charge in [0.05, 0.1) is 6.20 Å². The van der Waals surface area contributed by atoms with Crippen molar-refractivity contribution >= 4 is 5.82 Å². The summed E-state index contributed by atoms with van der Waals surface area (Å²) < 4.78 is 1.98. The van der Waals surface area contributed by atoms with Crippen molar-refractivity contribution in [3.63, 3.8) is 0 Å². The lowest BCUT2D eigenvalue weighted by atomic mass is 9.80. The summed E-state index contributed by atoms with van der Waals surface area (Å²) in [5.74, 6) is 1.22. The zero-order valence-electron chi connectivity index (χ0n) is 16.0. The molecule has 1 atom stereocenters. The summed E-state index contributed by atoms with van der Waals surface area (Å²) in [6, 6.07) is 7.61. The standard InChI is InChI=1S/C21H30N4/c1-21(2,3)16-12-15-14-25(20-7-10-23-24(20)4)11-8-17(15)18(13-16)19-6-5-9-22-19/h7,10,12-13,19,22H,5-6,8-9,11,14H2,1-4H3/t19-/m0/s1. The first-order valence-corrected chi connectivity index (χ1v) is 9.56. The maximum Gasteiger partial charge on any atom is 0.126 e. The first-order valence-electron chi connectivity index (χ1n) is 9.56. The maximum atomic E-state index is 4.35. The second-order valence-electron chi connectivity index (χ2n) is 8.59. The number of hydrogen-bond donors (Lipinski definition) is 1. The zero-order valence-corrected chi connectivity index (χ0v) is 16.0. The van der Waals surface area contributed by atoms with Crippen LogP contribution in [0.5, 0.6) is 0 Å². The van der Waals surface area contributed by atoms with E-state index in [0.717, 1.165) is 26.1 Å². The molecule has 2 aliphatic rings. The van der Waals surface area contributed by atoms with Crippen molar-refractivity contribution in [3.05, 3.63) is 46.6 Å². The Balaban J connectivity index is 1.75. The van der Waals surface area contributed by atoms with E-state index in [2.05, 4.69) is 54.3 Å². The average molecular weight is 338 g/mol. The van der Waals surface area contributed by atoms with Gasteiger partial charge in [0.2, 0.25) is 0 Å². The van der Waals surface area contributed by atoms with Gasteiger partial charge in [0.1, 0.15) is 5.82 Å². The maximum absolute atomic E-state index is 4.35. The summed E-state index contributed by atoms with van der Waals surface area (Å²) >= 11 is 0. The van der Waals surface area contributed by atoms with E-state index in [4.69, 9.17) is 0 Å². The summed E-state index contributed by atoms with van der Waals surface area (Å²) in [4.78, 5) is 2.47. The molecule has 4 nitrogen and oxygen atoms in total. The molecule has 0 saturated carbocycles. The zero-order chi connectivity index (χ0) is 17.6. The molecule has 0 aliphatic carbocycles. The third-order valence-corrected chi connectivity index (χ3v) is 5.79. The van der Waals surface area contributed by atoms with E-state index in [1.165, 1.54) is 29.8 Å². The summed E-state index contributed by atoms with van der Waals surface area (Å²) in [7, 11) is 2.03. The van der Waals surface area contributed by atoms with E-state index in [1.54, 1.807) is 11.1 Å². The lowest BCUT2D eigenvalue weighted by Gasteiger charge is -2.34. The molecule has 0 radical (unpaired) electrons. The molecule has 0 spiro atoms. The molecule has 1 N–H and O–H groups in total. The number of hydrogen-bond acceptors (Lipinski definition) is 3. The van der Waals surface area contributed by atoms with Gasteiger partial charge in [-0.3, -0.25) is 4.68 Å². The van der Waals surface area contributed by atoms with Crippen LogP contribution in [0.25, 0.3) is 0 Å². The molecule has 25 heavy (non-hydrogen) atoms. The third-order valence-electron chi connectivity index (χ3n) is 5.79. The highest BCUT2D eigenvalue weighted by atomic mass is 15.4. The van der Waals surface area contributed by atoms with Gasteiger partial charge < -0.3 is 10.2 Å². The Kier molecular flexibility index (Phi) is 4.11. The van der Waals surface area contributed by atoms with Gasteiger partial charge in [0, 0.05) is 32.2 Å². The Bertz CT molecular complexity index is 763. The number of fused-ring (bicyclic) bond motifs is 1. The number of aromatic nitrogens is 2. The Morgan fingerprint density at radius 1 is 1.24 bits per heavy atom. The van der Waals surface area contributed by atoms with Crippen molar-refractivity contribution in [1.82, 2.24) is 15.1 Å². The molecule has 0 amide bonds. The van der Waals surface area contributed by atoms with Gasteiger partial charge in [0.25, 0.3) is 0 Å². The molecule has 134 valence electrons. The number of nitrogens with zero attached hydrogens (tertiary/aromatic N) is 3. The smallest absolute Gasteiger partial charge is 0.126 e. The number of rotatable bonds is 2. The highest BCUT2D eigenvalue weighted by Gasteiger charge is 2.28. The van der Waals surface area contributed by atoms with Crippen LogP contribution in [0.4, 0.5) is 5.82 Å². The second kappa shape index (κ2) is 6.17. The quantitative estimate of drug-likeness (QED) is 0.906. The molecule has 0 unspecified atom stereocenters. The summed E-state index contributed by atoms with van der Waals surface area (Å²) in [5, 5.41) is 8.07. The van der Waals surface area contributed by atoms with E-state index >= 15 is 0 Å². The fraction of sp³-hybridized carbons (Fsp3) is 0.571. The highest BCUT2D eigenvalue weighted by molar-refractivity contribution is 5.50. The van der Waals surface area contributed by atoms with Crippen molar-refractivity contribution in [1.29, 1.82) is 0 Å². The molecule has 2 aliphatic heterocycles. The molecule has 4 heteroatoms. The van der Waals surface area contributed by atoms with E-state index in [9.17, 15) is 0 Å². The molecule has 0 bridgehead atoms. The minimum absolute atomic E-state index is 0.178. The van der Waals surface area contributed by atoms with Crippen molar-refractivity contribution in [2.45, 2.75) is 58.0 Å². The number of anilines is 1. The Labute approximate surface area is 151 Å². The van der Waals surface area contributed by atoms with Crippen LogP contribution in [0.3, 0.4) is 0 Å². The van der Waals surface area contributed by atoms with Crippen LogP contribution in [0, 0.1) is 0 Å². The first-order chi connectivity index (χ1) is 11.9. The van der Waals surface area contributed by atoms with Crippen molar-refractivity contribution in [2.75, 3.05) is 18.0 Å². The molecule has 1 aromatic heterocycles.